The summed E-state index contributed by atoms with van der Waals surface area (Å²) < 4.78 is 5.52. The summed E-state index contributed by atoms with van der Waals surface area (Å²) in [6, 6.07) is 8.79. The number of amides is 4. The molecule has 1 aromatic carbocycles. The van der Waals surface area contributed by atoms with Gasteiger partial charge < -0.3 is 20.0 Å². The third-order valence-electron chi connectivity index (χ3n) is 6.03. The number of nitrogens with zero attached hydrogens (tertiary/aromatic N) is 2. The van der Waals surface area contributed by atoms with E-state index in [1.807, 2.05) is 24.3 Å². The van der Waals surface area contributed by atoms with Crippen LogP contribution in [0.5, 0.6) is 0 Å². The van der Waals surface area contributed by atoms with Gasteiger partial charge in [0.25, 0.3) is 5.91 Å². The van der Waals surface area contributed by atoms with Crippen LogP contribution in [-0.4, -0.2) is 42.4 Å². The summed E-state index contributed by atoms with van der Waals surface area (Å²) in [5, 5.41) is 5.48. The maximum absolute atomic E-state index is 13.0. The van der Waals surface area contributed by atoms with E-state index in [2.05, 4.69) is 15.5 Å². The van der Waals surface area contributed by atoms with Gasteiger partial charge in [0.2, 0.25) is 5.91 Å². The minimum atomic E-state index is -1.25. The second-order valence-electron chi connectivity index (χ2n) is 8.42. The number of rotatable bonds is 5. The lowest BCUT2D eigenvalue weighted by Crippen LogP contribution is -2.42. The largest absolute Gasteiger partial charge is 0.466 e. The fourth-order valence-corrected chi connectivity index (χ4v) is 4.40. The number of aryl methyl sites for hydroxylation is 2. The van der Waals surface area contributed by atoms with Crippen molar-refractivity contribution in [2.75, 3.05) is 29.9 Å². The number of hydrogen-bond acceptors (Lipinski definition) is 5. The number of nitrogens with one attached hydrogen (secondary N) is 2. The molecule has 2 N–H and O–H groups in total. The second kappa shape index (κ2) is 8.09. The van der Waals surface area contributed by atoms with Gasteiger partial charge in [-0.2, -0.15) is 0 Å². The van der Waals surface area contributed by atoms with Crippen LogP contribution < -0.4 is 15.5 Å². The van der Waals surface area contributed by atoms with Gasteiger partial charge in [0, 0.05) is 30.0 Å². The van der Waals surface area contributed by atoms with Gasteiger partial charge in [0.1, 0.15) is 23.6 Å². The molecule has 1 aromatic heterocycles. The maximum Gasteiger partial charge on any atom is 0.325 e. The zero-order chi connectivity index (χ0) is 22.2. The van der Waals surface area contributed by atoms with Gasteiger partial charge in [-0.25, -0.2) is 4.79 Å². The Hall–Kier alpha value is -3.29. The topological polar surface area (TPSA) is 94.9 Å². The molecule has 0 aliphatic carbocycles. The van der Waals surface area contributed by atoms with Crippen LogP contribution in [0.4, 0.5) is 16.2 Å². The van der Waals surface area contributed by atoms with Gasteiger partial charge >= 0.3 is 6.03 Å². The first-order chi connectivity index (χ1) is 14.8. The van der Waals surface area contributed by atoms with Gasteiger partial charge in [-0.1, -0.05) is 0 Å². The van der Waals surface area contributed by atoms with Crippen LogP contribution in [-0.2, 0) is 15.1 Å². The van der Waals surface area contributed by atoms with Crippen molar-refractivity contribution in [2.45, 2.75) is 45.6 Å². The summed E-state index contributed by atoms with van der Waals surface area (Å²) in [7, 11) is 0. The van der Waals surface area contributed by atoms with Crippen molar-refractivity contribution < 1.29 is 18.8 Å². The molecule has 2 aromatic rings. The number of imide groups is 1. The average molecular weight is 425 g/mol. The summed E-state index contributed by atoms with van der Waals surface area (Å²) in [6.07, 6.45) is 3.66. The van der Waals surface area contributed by atoms with Crippen molar-refractivity contribution >= 4 is 29.2 Å². The lowest BCUT2D eigenvalue weighted by Gasteiger charge is -2.28. The highest BCUT2D eigenvalue weighted by molar-refractivity contribution is 6.10. The molecular formula is C23H28N4O4. The highest BCUT2D eigenvalue weighted by Gasteiger charge is 2.51. The summed E-state index contributed by atoms with van der Waals surface area (Å²) in [6.45, 7) is 6.89. The van der Waals surface area contributed by atoms with E-state index >= 15 is 0 Å². The molecule has 2 aliphatic heterocycles. The number of hydrogen-bond donors (Lipinski definition) is 2. The Morgan fingerprint density at radius 2 is 1.81 bits per heavy atom. The molecule has 2 aliphatic rings. The number of furan rings is 1. The predicted octanol–water partition coefficient (Wildman–Crippen LogP) is 3.29. The molecule has 0 bridgehead atoms. The van der Waals surface area contributed by atoms with Gasteiger partial charge in [0.15, 0.2) is 0 Å². The van der Waals surface area contributed by atoms with Crippen LogP contribution in [0.15, 0.2) is 34.7 Å². The van der Waals surface area contributed by atoms with Crippen molar-refractivity contribution in [3.05, 3.63) is 47.4 Å². The predicted molar refractivity (Wildman–Crippen MR) is 117 cm³/mol. The lowest BCUT2D eigenvalue weighted by atomic mass is 9.92. The van der Waals surface area contributed by atoms with Crippen LogP contribution in [0.3, 0.4) is 0 Å². The van der Waals surface area contributed by atoms with Crippen LogP contribution >= 0.6 is 0 Å². The molecule has 4 amide bonds. The first-order valence-corrected chi connectivity index (χ1v) is 10.6. The molecule has 4 rings (SSSR count). The van der Waals surface area contributed by atoms with Gasteiger partial charge in [-0.3, -0.25) is 14.5 Å². The highest BCUT2D eigenvalue weighted by atomic mass is 16.3. The van der Waals surface area contributed by atoms with E-state index in [0.717, 1.165) is 23.7 Å². The standard InChI is InChI=1S/C23H28N4O4/c1-15-13-19(16(2)31-15)23(3)21(29)27(22(30)25-23)14-20(28)24-17-7-9-18(10-8-17)26-11-5-4-6-12-26/h7-10,13H,4-6,11-12,14H2,1-3H3,(H,24,28)(H,25,30). The minimum Gasteiger partial charge on any atom is -0.466 e. The quantitative estimate of drug-likeness (QED) is 0.718. The molecule has 2 fully saturated rings. The van der Waals surface area contributed by atoms with Crippen molar-refractivity contribution in [1.29, 1.82) is 0 Å². The normalized spacial score (nSPS) is 21.4. The van der Waals surface area contributed by atoms with Gasteiger partial charge in [0.05, 0.1) is 0 Å². The summed E-state index contributed by atoms with van der Waals surface area (Å²) in [5.41, 5.74) is 1.10. The number of benzene rings is 1. The molecule has 1 atom stereocenters. The smallest absolute Gasteiger partial charge is 0.325 e. The summed E-state index contributed by atoms with van der Waals surface area (Å²) in [5.74, 6) is 0.310. The first kappa shape index (κ1) is 21.0. The molecule has 0 saturated carbocycles. The fraction of sp³-hybridized carbons (Fsp3) is 0.435. The van der Waals surface area contributed by atoms with Crippen LogP contribution in [0, 0.1) is 13.8 Å². The molecule has 0 spiro atoms. The Morgan fingerprint density at radius 1 is 1.13 bits per heavy atom. The molecule has 8 nitrogen and oxygen atoms in total. The van der Waals surface area contributed by atoms with Crippen molar-refractivity contribution in [3.63, 3.8) is 0 Å². The van der Waals surface area contributed by atoms with E-state index < -0.39 is 23.4 Å². The molecule has 2 saturated heterocycles. The second-order valence-corrected chi connectivity index (χ2v) is 8.42. The SMILES string of the molecule is Cc1cc(C2(C)NC(=O)N(CC(=O)Nc3ccc(N4CCCCC4)cc3)C2=O)c(C)o1. The maximum atomic E-state index is 13.0. The number of anilines is 2. The lowest BCUT2D eigenvalue weighted by molar-refractivity contribution is -0.133. The molecular weight excluding hydrogens is 396 g/mol. The third kappa shape index (κ3) is 4.02. The van der Waals surface area contributed by atoms with Crippen LogP contribution in [0.2, 0.25) is 0 Å². The Morgan fingerprint density at radius 3 is 2.42 bits per heavy atom. The fourth-order valence-electron chi connectivity index (χ4n) is 4.40. The molecule has 164 valence electrons. The first-order valence-electron chi connectivity index (χ1n) is 10.6. The number of piperidine rings is 1. The number of carbonyl (C=O) groups excluding carboxylic acids is 3. The van der Waals surface area contributed by atoms with Gasteiger partial charge in [-0.15, -0.1) is 0 Å². The molecule has 31 heavy (non-hydrogen) atoms. The molecule has 8 heteroatoms. The Kier molecular flexibility index (Phi) is 5.47. The number of carbonyl (C=O) groups is 3. The third-order valence-corrected chi connectivity index (χ3v) is 6.03. The Balaban J connectivity index is 1.41. The zero-order valence-electron chi connectivity index (χ0n) is 18.2. The Bertz CT molecular complexity index is 1010. The average Bonchev–Trinajstić information content (AvgIpc) is 3.20. The highest BCUT2D eigenvalue weighted by Crippen LogP contribution is 2.32. The van der Waals surface area contributed by atoms with Gasteiger partial charge in [-0.05, 0) is 70.4 Å². The minimum absolute atomic E-state index is 0.357. The monoisotopic (exact) mass is 424 g/mol. The van der Waals surface area contributed by atoms with E-state index in [9.17, 15) is 14.4 Å². The van der Waals surface area contributed by atoms with Crippen molar-refractivity contribution in [1.82, 2.24) is 10.2 Å². The van der Waals surface area contributed by atoms with E-state index in [1.54, 1.807) is 26.8 Å². The molecule has 3 heterocycles. The van der Waals surface area contributed by atoms with E-state index in [0.29, 0.717) is 22.8 Å². The van der Waals surface area contributed by atoms with Crippen molar-refractivity contribution in [2.24, 2.45) is 0 Å². The summed E-state index contributed by atoms with van der Waals surface area (Å²) in [4.78, 5) is 41.3. The van der Waals surface area contributed by atoms with Crippen molar-refractivity contribution in [3.8, 4) is 0 Å². The zero-order valence-corrected chi connectivity index (χ0v) is 18.2. The van der Waals surface area contributed by atoms with Crippen LogP contribution in [0.1, 0.15) is 43.3 Å². The Labute approximate surface area is 181 Å². The van der Waals surface area contributed by atoms with E-state index in [-0.39, 0.29) is 6.54 Å². The summed E-state index contributed by atoms with van der Waals surface area (Å²) >= 11 is 0. The van der Waals surface area contributed by atoms with E-state index in [1.165, 1.54) is 19.3 Å². The van der Waals surface area contributed by atoms with E-state index in [4.69, 9.17) is 4.42 Å². The molecule has 0 radical (unpaired) electrons. The van der Waals surface area contributed by atoms with Crippen LogP contribution in [0.25, 0.3) is 0 Å². The number of urea groups is 1. The molecule has 1 unspecified atom stereocenters.